The average Bonchev–Trinajstić information content (AvgIpc) is 2.09. The van der Waals surface area contributed by atoms with Gasteiger partial charge in [-0.25, -0.2) is 0 Å². The lowest BCUT2D eigenvalue weighted by Gasteiger charge is -2.37. The van der Waals surface area contributed by atoms with Crippen molar-refractivity contribution >= 4 is 0 Å². The molecule has 3 N–H and O–H groups in total. The Hall–Kier alpha value is -0.120. The predicted molar refractivity (Wildman–Crippen MR) is 54.5 cm³/mol. The van der Waals surface area contributed by atoms with E-state index in [1.165, 1.54) is 12.8 Å². The smallest absolute Gasteiger partial charge is 0.0789 e. The molecular weight excluding hydrogens is 164 g/mol. The third-order valence-corrected chi connectivity index (χ3v) is 2.99. The SMILES string of the molecule is CC1CCN(CC(O)CN)C(C)C1. The second-order valence-electron chi connectivity index (χ2n) is 4.36. The van der Waals surface area contributed by atoms with Gasteiger partial charge in [0.15, 0.2) is 0 Å². The van der Waals surface area contributed by atoms with Crippen LogP contribution in [0, 0.1) is 5.92 Å². The van der Waals surface area contributed by atoms with Gasteiger partial charge in [-0.05, 0) is 32.2 Å². The second kappa shape index (κ2) is 4.94. The van der Waals surface area contributed by atoms with Crippen molar-refractivity contribution in [2.24, 2.45) is 11.7 Å². The molecule has 0 aromatic carbocycles. The molecule has 3 atom stereocenters. The van der Waals surface area contributed by atoms with E-state index in [-0.39, 0.29) is 6.10 Å². The molecule has 0 radical (unpaired) electrons. The van der Waals surface area contributed by atoms with E-state index in [2.05, 4.69) is 18.7 Å². The highest BCUT2D eigenvalue weighted by atomic mass is 16.3. The van der Waals surface area contributed by atoms with E-state index in [9.17, 15) is 5.11 Å². The molecule has 1 aliphatic rings. The van der Waals surface area contributed by atoms with Crippen molar-refractivity contribution in [3.05, 3.63) is 0 Å². The Morgan fingerprint density at radius 1 is 1.54 bits per heavy atom. The van der Waals surface area contributed by atoms with E-state index >= 15 is 0 Å². The summed E-state index contributed by atoms with van der Waals surface area (Å²) in [6.07, 6.45) is 2.15. The van der Waals surface area contributed by atoms with Gasteiger partial charge in [-0.15, -0.1) is 0 Å². The first kappa shape index (κ1) is 11.0. The molecule has 1 fully saturated rings. The van der Waals surface area contributed by atoms with Gasteiger partial charge in [0.25, 0.3) is 0 Å². The molecule has 0 aromatic heterocycles. The molecule has 3 unspecified atom stereocenters. The number of likely N-dealkylation sites (tertiary alicyclic amines) is 1. The van der Waals surface area contributed by atoms with Crippen LogP contribution in [0.25, 0.3) is 0 Å². The fourth-order valence-electron chi connectivity index (χ4n) is 2.07. The average molecular weight is 186 g/mol. The molecule has 0 bridgehead atoms. The molecule has 3 heteroatoms. The van der Waals surface area contributed by atoms with Gasteiger partial charge in [-0.1, -0.05) is 6.92 Å². The Morgan fingerprint density at radius 2 is 2.23 bits per heavy atom. The monoisotopic (exact) mass is 186 g/mol. The second-order valence-corrected chi connectivity index (χ2v) is 4.36. The summed E-state index contributed by atoms with van der Waals surface area (Å²) in [5.41, 5.74) is 5.39. The predicted octanol–water partition coefficient (Wildman–Crippen LogP) is 0.426. The topological polar surface area (TPSA) is 49.5 Å². The van der Waals surface area contributed by atoms with E-state index in [1.54, 1.807) is 0 Å². The van der Waals surface area contributed by atoms with Crippen molar-refractivity contribution in [3.8, 4) is 0 Å². The zero-order valence-electron chi connectivity index (χ0n) is 8.74. The number of hydrogen-bond acceptors (Lipinski definition) is 3. The minimum atomic E-state index is -0.351. The summed E-state index contributed by atoms with van der Waals surface area (Å²) in [5, 5.41) is 9.43. The summed E-state index contributed by atoms with van der Waals surface area (Å²) in [6.45, 7) is 6.76. The fraction of sp³-hybridized carbons (Fsp3) is 1.00. The lowest BCUT2D eigenvalue weighted by atomic mass is 9.93. The Morgan fingerprint density at radius 3 is 2.77 bits per heavy atom. The summed E-state index contributed by atoms with van der Waals surface area (Å²) in [5.74, 6) is 0.835. The largest absolute Gasteiger partial charge is 0.390 e. The minimum Gasteiger partial charge on any atom is -0.390 e. The fourth-order valence-corrected chi connectivity index (χ4v) is 2.07. The van der Waals surface area contributed by atoms with Crippen LogP contribution in [0.3, 0.4) is 0 Å². The Balaban J connectivity index is 2.33. The number of nitrogens with zero attached hydrogens (tertiary/aromatic N) is 1. The van der Waals surface area contributed by atoms with Crippen molar-refractivity contribution in [1.29, 1.82) is 0 Å². The third kappa shape index (κ3) is 3.25. The van der Waals surface area contributed by atoms with Crippen LogP contribution in [-0.4, -0.2) is 41.8 Å². The maximum absolute atomic E-state index is 9.43. The van der Waals surface area contributed by atoms with Gasteiger partial charge in [0.05, 0.1) is 6.10 Å². The van der Waals surface area contributed by atoms with Crippen molar-refractivity contribution < 1.29 is 5.11 Å². The van der Waals surface area contributed by atoms with Crippen LogP contribution in [0.15, 0.2) is 0 Å². The van der Waals surface area contributed by atoms with Gasteiger partial charge < -0.3 is 10.8 Å². The molecule has 0 amide bonds. The van der Waals surface area contributed by atoms with Crippen LogP contribution in [-0.2, 0) is 0 Å². The van der Waals surface area contributed by atoms with Gasteiger partial charge in [-0.3, -0.25) is 4.90 Å². The first-order valence-corrected chi connectivity index (χ1v) is 5.25. The standard InChI is InChI=1S/C10H22N2O/c1-8-3-4-12(9(2)5-8)7-10(13)6-11/h8-10,13H,3-7,11H2,1-2H3. The third-order valence-electron chi connectivity index (χ3n) is 2.99. The quantitative estimate of drug-likeness (QED) is 0.672. The molecule has 1 saturated heterocycles. The van der Waals surface area contributed by atoms with Gasteiger partial charge >= 0.3 is 0 Å². The van der Waals surface area contributed by atoms with Gasteiger partial charge in [0, 0.05) is 19.1 Å². The van der Waals surface area contributed by atoms with Crippen molar-refractivity contribution in [3.63, 3.8) is 0 Å². The summed E-state index contributed by atoms with van der Waals surface area (Å²) in [4.78, 5) is 2.34. The lowest BCUT2D eigenvalue weighted by Crippen LogP contribution is -2.45. The van der Waals surface area contributed by atoms with Crippen LogP contribution in [0.4, 0.5) is 0 Å². The first-order valence-electron chi connectivity index (χ1n) is 5.25. The van der Waals surface area contributed by atoms with E-state index in [0.717, 1.165) is 19.0 Å². The summed E-state index contributed by atoms with van der Waals surface area (Å²) in [7, 11) is 0. The van der Waals surface area contributed by atoms with E-state index < -0.39 is 0 Å². The highest BCUT2D eigenvalue weighted by Crippen LogP contribution is 2.21. The molecule has 0 saturated carbocycles. The van der Waals surface area contributed by atoms with Gasteiger partial charge in [0.2, 0.25) is 0 Å². The maximum Gasteiger partial charge on any atom is 0.0789 e. The zero-order chi connectivity index (χ0) is 9.84. The number of piperidine rings is 1. The molecule has 0 spiro atoms. The van der Waals surface area contributed by atoms with Crippen molar-refractivity contribution in [2.75, 3.05) is 19.6 Å². The zero-order valence-corrected chi connectivity index (χ0v) is 8.74. The van der Waals surface area contributed by atoms with Crippen LogP contribution in [0.1, 0.15) is 26.7 Å². The molecule has 1 rings (SSSR count). The molecular formula is C10H22N2O. The Kier molecular flexibility index (Phi) is 4.16. The summed E-state index contributed by atoms with van der Waals surface area (Å²) < 4.78 is 0. The van der Waals surface area contributed by atoms with Crippen molar-refractivity contribution in [2.45, 2.75) is 38.8 Å². The van der Waals surface area contributed by atoms with E-state index in [1.807, 2.05) is 0 Å². The van der Waals surface area contributed by atoms with Crippen LogP contribution >= 0.6 is 0 Å². The molecule has 1 aliphatic heterocycles. The van der Waals surface area contributed by atoms with E-state index in [4.69, 9.17) is 5.73 Å². The maximum atomic E-state index is 9.43. The van der Waals surface area contributed by atoms with Crippen LogP contribution in [0.5, 0.6) is 0 Å². The highest BCUT2D eigenvalue weighted by Gasteiger charge is 2.23. The molecule has 0 aromatic rings. The lowest BCUT2D eigenvalue weighted by molar-refractivity contribution is 0.0643. The summed E-state index contributed by atoms with van der Waals surface area (Å²) in [6, 6.07) is 0.602. The Labute approximate surface area is 80.9 Å². The molecule has 0 aliphatic carbocycles. The molecule has 3 nitrogen and oxygen atoms in total. The number of hydrogen-bond donors (Lipinski definition) is 2. The number of aliphatic hydroxyl groups is 1. The number of nitrogens with two attached hydrogens (primary N) is 1. The van der Waals surface area contributed by atoms with Crippen molar-refractivity contribution in [1.82, 2.24) is 4.90 Å². The van der Waals surface area contributed by atoms with Crippen LogP contribution < -0.4 is 5.73 Å². The normalized spacial score (nSPS) is 33.2. The minimum absolute atomic E-state index is 0.351. The highest BCUT2D eigenvalue weighted by molar-refractivity contribution is 4.78. The first-order chi connectivity index (χ1) is 6.13. The molecule has 78 valence electrons. The van der Waals surface area contributed by atoms with Gasteiger partial charge in [-0.2, -0.15) is 0 Å². The summed E-state index contributed by atoms with van der Waals surface area (Å²) >= 11 is 0. The molecule has 1 heterocycles. The van der Waals surface area contributed by atoms with Crippen LogP contribution in [0.2, 0.25) is 0 Å². The number of β-amino-alcohol motifs (C(OH)–C–C–N with tert-alkyl or cyclic N) is 1. The Bertz CT molecular complexity index is 152. The number of aliphatic hydroxyl groups excluding tert-OH is 1. The molecule has 13 heavy (non-hydrogen) atoms. The van der Waals surface area contributed by atoms with Gasteiger partial charge in [0.1, 0.15) is 0 Å². The number of rotatable bonds is 3. The van der Waals surface area contributed by atoms with E-state index in [0.29, 0.717) is 12.6 Å².